The van der Waals surface area contributed by atoms with Crippen LogP contribution in [0.4, 0.5) is 18.9 Å². The van der Waals surface area contributed by atoms with Crippen LogP contribution in [-0.2, 0) is 11.0 Å². The second kappa shape index (κ2) is 9.77. The highest BCUT2D eigenvalue weighted by molar-refractivity contribution is 5.81. The van der Waals surface area contributed by atoms with Gasteiger partial charge in [0.25, 0.3) is 5.91 Å². The van der Waals surface area contributed by atoms with Crippen LogP contribution in [0.25, 0.3) is 5.70 Å². The number of methoxy groups -OCH3 is 3. The van der Waals surface area contributed by atoms with Gasteiger partial charge in [0.05, 0.1) is 39.1 Å². The van der Waals surface area contributed by atoms with E-state index in [-0.39, 0.29) is 12.2 Å². The van der Waals surface area contributed by atoms with Gasteiger partial charge in [-0.3, -0.25) is 15.6 Å². The van der Waals surface area contributed by atoms with Crippen LogP contribution < -0.4 is 30.4 Å². The quantitative estimate of drug-likeness (QED) is 0.534. The van der Waals surface area contributed by atoms with Gasteiger partial charge >= 0.3 is 6.18 Å². The van der Waals surface area contributed by atoms with Gasteiger partial charge in [-0.25, -0.2) is 0 Å². The predicted octanol–water partition coefficient (Wildman–Crippen LogP) is 3.43. The van der Waals surface area contributed by atoms with Crippen molar-refractivity contribution in [3.8, 4) is 17.2 Å². The first kappa shape index (κ1) is 22.7. The number of amides is 1. The Balaban J connectivity index is 1.96. The Bertz CT molecular complexity index is 891. The van der Waals surface area contributed by atoms with E-state index in [2.05, 4.69) is 22.7 Å². The van der Waals surface area contributed by atoms with Crippen LogP contribution in [0.1, 0.15) is 11.1 Å². The summed E-state index contributed by atoms with van der Waals surface area (Å²) in [5.41, 5.74) is 5.32. The smallest absolute Gasteiger partial charge is 0.416 e. The molecule has 162 valence electrons. The number of anilines is 1. The Hall–Kier alpha value is -3.56. The van der Waals surface area contributed by atoms with Crippen molar-refractivity contribution in [2.75, 3.05) is 33.2 Å². The zero-order valence-electron chi connectivity index (χ0n) is 16.6. The number of hydrogen-bond acceptors (Lipinski definition) is 6. The van der Waals surface area contributed by atoms with Crippen molar-refractivity contribution in [1.29, 1.82) is 0 Å². The van der Waals surface area contributed by atoms with Gasteiger partial charge in [-0.05, 0) is 30.3 Å². The van der Waals surface area contributed by atoms with Crippen molar-refractivity contribution in [2.45, 2.75) is 6.18 Å². The molecule has 30 heavy (non-hydrogen) atoms. The number of hydrazine groups is 1. The maximum Gasteiger partial charge on any atom is 0.416 e. The van der Waals surface area contributed by atoms with Crippen LogP contribution >= 0.6 is 0 Å². The lowest BCUT2D eigenvalue weighted by Crippen LogP contribution is -2.39. The summed E-state index contributed by atoms with van der Waals surface area (Å²) in [6.07, 6.45) is -4.46. The number of benzene rings is 2. The van der Waals surface area contributed by atoms with E-state index in [1.165, 1.54) is 33.5 Å². The maximum absolute atomic E-state index is 12.7. The van der Waals surface area contributed by atoms with Crippen molar-refractivity contribution in [2.24, 2.45) is 0 Å². The van der Waals surface area contributed by atoms with Crippen LogP contribution in [0.5, 0.6) is 17.2 Å². The maximum atomic E-state index is 12.7. The minimum Gasteiger partial charge on any atom is -0.493 e. The molecule has 2 aromatic rings. The number of ether oxygens (including phenoxy) is 3. The largest absolute Gasteiger partial charge is 0.493 e. The molecule has 2 rings (SSSR count). The van der Waals surface area contributed by atoms with Crippen LogP contribution in [0, 0.1) is 0 Å². The molecule has 0 spiro atoms. The SMILES string of the molecule is C=C(NNC(=O)CNc1cccc(C(F)(F)F)c1)c1cc(OC)c(OC)c(OC)c1. The fourth-order valence-corrected chi connectivity index (χ4v) is 2.50. The molecule has 0 radical (unpaired) electrons. The van der Waals surface area contributed by atoms with E-state index in [9.17, 15) is 18.0 Å². The van der Waals surface area contributed by atoms with Gasteiger partial charge in [0.2, 0.25) is 5.75 Å². The molecule has 0 saturated carbocycles. The van der Waals surface area contributed by atoms with E-state index in [4.69, 9.17) is 14.2 Å². The molecular formula is C20H22F3N3O4. The van der Waals surface area contributed by atoms with Crippen molar-refractivity contribution >= 4 is 17.3 Å². The topological polar surface area (TPSA) is 80.9 Å². The van der Waals surface area contributed by atoms with E-state index in [0.29, 0.717) is 28.5 Å². The molecule has 0 aromatic heterocycles. The summed E-state index contributed by atoms with van der Waals surface area (Å²) in [5.74, 6) is 0.714. The fraction of sp³-hybridized carbons (Fsp3) is 0.250. The lowest BCUT2D eigenvalue weighted by atomic mass is 10.1. The Morgan fingerprint density at radius 1 is 1.00 bits per heavy atom. The molecule has 0 aliphatic carbocycles. The van der Waals surface area contributed by atoms with Crippen LogP contribution in [0.3, 0.4) is 0 Å². The van der Waals surface area contributed by atoms with Crippen LogP contribution in [0.2, 0.25) is 0 Å². The molecule has 0 aliphatic rings. The van der Waals surface area contributed by atoms with E-state index < -0.39 is 17.6 Å². The summed E-state index contributed by atoms with van der Waals surface area (Å²) in [6, 6.07) is 7.86. The van der Waals surface area contributed by atoms with Crippen molar-refractivity contribution in [1.82, 2.24) is 10.9 Å². The van der Waals surface area contributed by atoms with Crippen molar-refractivity contribution in [3.05, 3.63) is 54.1 Å². The second-order valence-electron chi connectivity index (χ2n) is 6.00. The van der Waals surface area contributed by atoms with Gasteiger partial charge in [0.15, 0.2) is 11.5 Å². The molecule has 0 aliphatic heterocycles. The van der Waals surface area contributed by atoms with Gasteiger partial charge in [0.1, 0.15) is 0 Å². The third-order valence-electron chi connectivity index (χ3n) is 4.01. The third kappa shape index (κ3) is 5.72. The standard InChI is InChI=1S/C20H22F3N3O4/c1-12(13-8-16(28-2)19(30-4)17(9-13)29-3)25-26-18(27)11-24-15-7-5-6-14(10-15)20(21,22)23/h5-10,24-25H,1,11H2,2-4H3,(H,26,27). The first-order chi connectivity index (χ1) is 14.2. The number of halogens is 3. The molecular weight excluding hydrogens is 403 g/mol. The van der Waals surface area contributed by atoms with Crippen molar-refractivity contribution < 1.29 is 32.2 Å². The zero-order chi connectivity index (χ0) is 22.3. The summed E-state index contributed by atoms with van der Waals surface area (Å²) in [4.78, 5) is 12.0. The molecule has 0 heterocycles. The van der Waals surface area contributed by atoms with Gasteiger partial charge in [-0.2, -0.15) is 13.2 Å². The van der Waals surface area contributed by atoms with Gasteiger partial charge < -0.3 is 19.5 Å². The molecule has 0 fully saturated rings. The first-order valence-corrected chi connectivity index (χ1v) is 8.64. The third-order valence-corrected chi connectivity index (χ3v) is 4.01. The molecule has 0 atom stereocenters. The highest BCUT2D eigenvalue weighted by Crippen LogP contribution is 2.39. The van der Waals surface area contributed by atoms with E-state index in [1.807, 2.05) is 0 Å². The molecule has 3 N–H and O–H groups in total. The summed E-state index contributed by atoms with van der Waals surface area (Å²) in [7, 11) is 4.42. The molecule has 0 saturated heterocycles. The molecule has 1 amide bonds. The highest BCUT2D eigenvalue weighted by Gasteiger charge is 2.30. The van der Waals surface area contributed by atoms with Crippen LogP contribution in [0.15, 0.2) is 43.0 Å². The van der Waals surface area contributed by atoms with E-state index >= 15 is 0 Å². The van der Waals surface area contributed by atoms with E-state index in [1.54, 1.807) is 12.1 Å². The highest BCUT2D eigenvalue weighted by atomic mass is 19.4. The Morgan fingerprint density at radius 2 is 1.63 bits per heavy atom. The summed E-state index contributed by atoms with van der Waals surface area (Å²) >= 11 is 0. The average Bonchev–Trinajstić information content (AvgIpc) is 2.74. The predicted molar refractivity (Wildman–Crippen MR) is 106 cm³/mol. The van der Waals surface area contributed by atoms with Gasteiger partial charge in [0, 0.05) is 11.3 Å². The molecule has 2 aromatic carbocycles. The number of alkyl halides is 3. The number of hydrogen-bond donors (Lipinski definition) is 3. The number of carbonyl (C=O) groups is 1. The number of rotatable bonds is 9. The molecule has 0 bridgehead atoms. The van der Waals surface area contributed by atoms with Gasteiger partial charge in [-0.1, -0.05) is 12.6 Å². The molecule has 10 heteroatoms. The minimum absolute atomic E-state index is 0.170. The number of nitrogens with one attached hydrogen (secondary N) is 3. The second-order valence-corrected chi connectivity index (χ2v) is 6.00. The Kier molecular flexibility index (Phi) is 7.40. The summed E-state index contributed by atoms with van der Waals surface area (Å²) in [5, 5.41) is 2.63. The average molecular weight is 425 g/mol. The molecule has 0 unspecified atom stereocenters. The first-order valence-electron chi connectivity index (χ1n) is 8.64. The lowest BCUT2D eigenvalue weighted by Gasteiger charge is -2.16. The minimum atomic E-state index is -4.46. The van der Waals surface area contributed by atoms with E-state index in [0.717, 1.165) is 12.1 Å². The Morgan fingerprint density at radius 3 is 2.17 bits per heavy atom. The lowest BCUT2D eigenvalue weighted by molar-refractivity contribution is -0.137. The summed E-state index contributed by atoms with van der Waals surface area (Å²) in [6.45, 7) is 3.58. The van der Waals surface area contributed by atoms with Crippen LogP contribution in [-0.4, -0.2) is 33.8 Å². The van der Waals surface area contributed by atoms with Gasteiger partial charge in [-0.15, -0.1) is 0 Å². The zero-order valence-corrected chi connectivity index (χ0v) is 16.6. The number of carbonyl (C=O) groups excluding carboxylic acids is 1. The fourth-order valence-electron chi connectivity index (χ4n) is 2.50. The summed E-state index contributed by atoms with van der Waals surface area (Å²) < 4.78 is 54.0. The Labute approximate surface area is 171 Å². The normalized spacial score (nSPS) is 10.7. The molecule has 7 nitrogen and oxygen atoms in total. The van der Waals surface area contributed by atoms with Crippen molar-refractivity contribution in [3.63, 3.8) is 0 Å². The monoisotopic (exact) mass is 425 g/mol.